The minimum absolute atomic E-state index is 0.00785. The Balaban J connectivity index is 1.65. The number of hydrogen-bond acceptors (Lipinski definition) is 5. The summed E-state index contributed by atoms with van der Waals surface area (Å²) in [6.45, 7) is 2.63. The van der Waals surface area contributed by atoms with E-state index in [1.165, 1.54) is 30.0 Å². The van der Waals surface area contributed by atoms with Crippen LogP contribution in [0.5, 0.6) is 5.75 Å². The largest absolute Gasteiger partial charge is 0.497 e. The van der Waals surface area contributed by atoms with E-state index in [1.807, 2.05) is 34.9 Å². The summed E-state index contributed by atoms with van der Waals surface area (Å²) in [5, 5.41) is 0.618. The molecule has 0 spiro atoms. The molecule has 0 amide bonds. The second-order valence-corrected chi connectivity index (χ2v) is 8.50. The van der Waals surface area contributed by atoms with Crippen molar-refractivity contribution in [1.82, 2.24) is 9.55 Å². The molecule has 5 nitrogen and oxygen atoms in total. The van der Waals surface area contributed by atoms with Gasteiger partial charge in [0.05, 0.1) is 30.3 Å². The average Bonchev–Trinajstić information content (AvgIpc) is 3.19. The highest BCUT2D eigenvalue weighted by Gasteiger charge is 2.17. The van der Waals surface area contributed by atoms with Gasteiger partial charge in [-0.15, -0.1) is 0 Å². The Labute approximate surface area is 200 Å². The van der Waals surface area contributed by atoms with E-state index >= 15 is 0 Å². The summed E-state index contributed by atoms with van der Waals surface area (Å²) < 4.78 is 40.7. The number of fused-ring (bicyclic) bond motifs is 1. The zero-order chi connectivity index (χ0) is 24.1. The second kappa shape index (κ2) is 10.7. The maximum Gasteiger partial charge on any atom is 0.338 e. The van der Waals surface area contributed by atoms with Crippen LogP contribution in [0.15, 0.2) is 65.8 Å². The van der Waals surface area contributed by atoms with E-state index < -0.39 is 17.6 Å². The molecule has 1 heterocycles. The van der Waals surface area contributed by atoms with Crippen molar-refractivity contribution in [3.63, 3.8) is 0 Å². The number of aryl methyl sites for hydroxylation is 2. The Morgan fingerprint density at radius 3 is 2.47 bits per heavy atom. The van der Waals surface area contributed by atoms with Crippen LogP contribution in [-0.4, -0.2) is 29.2 Å². The fourth-order valence-corrected chi connectivity index (χ4v) is 4.67. The van der Waals surface area contributed by atoms with Gasteiger partial charge in [-0.05, 0) is 61.4 Å². The molecule has 176 valence electrons. The topological polar surface area (TPSA) is 53.3 Å². The van der Waals surface area contributed by atoms with E-state index in [0.717, 1.165) is 23.3 Å². The van der Waals surface area contributed by atoms with Crippen LogP contribution >= 0.6 is 11.8 Å². The summed E-state index contributed by atoms with van der Waals surface area (Å²) >= 11 is 1.26. The molecule has 0 saturated heterocycles. The highest BCUT2D eigenvalue weighted by atomic mass is 32.2. The van der Waals surface area contributed by atoms with Gasteiger partial charge in [-0.25, -0.2) is 18.6 Å². The monoisotopic (exact) mass is 482 g/mol. The van der Waals surface area contributed by atoms with Crippen molar-refractivity contribution in [2.45, 2.75) is 30.8 Å². The third-order valence-corrected chi connectivity index (χ3v) is 6.42. The first-order valence-electron chi connectivity index (χ1n) is 10.9. The van der Waals surface area contributed by atoms with Gasteiger partial charge in [0.15, 0.2) is 5.16 Å². The number of ether oxygens (including phenoxy) is 2. The number of hydrogen-bond donors (Lipinski definition) is 0. The molecule has 0 aliphatic heterocycles. The van der Waals surface area contributed by atoms with Crippen molar-refractivity contribution in [2.24, 2.45) is 0 Å². The molecular weight excluding hydrogens is 458 g/mol. The number of benzene rings is 3. The highest BCUT2D eigenvalue weighted by Crippen LogP contribution is 2.30. The highest BCUT2D eigenvalue weighted by molar-refractivity contribution is 7.98. The van der Waals surface area contributed by atoms with E-state index in [0.29, 0.717) is 22.8 Å². The van der Waals surface area contributed by atoms with Crippen molar-refractivity contribution in [1.29, 1.82) is 0 Å². The zero-order valence-corrected chi connectivity index (χ0v) is 19.7. The van der Waals surface area contributed by atoms with Gasteiger partial charge in [-0.1, -0.05) is 30.0 Å². The fraction of sp³-hybridized carbons (Fsp3) is 0.231. The normalized spacial score (nSPS) is 11.1. The number of methoxy groups -OCH3 is 1. The van der Waals surface area contributed by atoms with Gasteiger partial charge >= 0.3 is 5.97 Å². The van der Waals surface area contributed by atoms with Crippen molar-refractivity contribution in [3.05, 3.63) is 89.0 Å². The van der Waals surface area contributed by atoms with Gasteiger partial charge in [-0.2, -0.15) is 0 Å². The summed E-state index contributed by atoms with van der Waals surface area (Å²) in [4.78, 5) is 16.9. The Hall–Kier alpha value is -3.39. The molecule has 34 heavy (non-hydrogen) atoms. The molecule has 0 unspecified atom stereocenters. The molecule has 0 aliphatic carbocycles. The second-order valence-electron chi connectivity index (χ2n) is 7.56. The van der Waals surface area contributed by atoms with Crippen LogP contribution in [0.1, 0.15) is 28.4 Å². The third kappa shape index (κ3) is 5.22. The summed E-state index contributed by atoms with van der Waals surface area (Å²) in [6.07, 6.45) is 0.719. The number of carbonyl (C=O) groups is 1. The van der Waals surface area contributed by atoms with Crippen LogP contribution in [0, 0.1) is 11.6 Å². The van der Waals surface area contributed by atoms with Gasteiger partial charge < -0.3 is 14.0 Å². The third-order valence-electron chi connectivity index (χ3n) is 5.41. The lowest BCUT2D eigenvalue weighted by atomic mass is 10.1. The van der Waals surface area contributed by atoms with E-state index in [1.54, 1.807) is 26.2 Å². The molecule has 0 bridgehead atoms. The van der Waals surface area contributed by atoms with Crippen molar-refractivity contribution in [3.8, 4) is 5.75 Å². The van der Waals surface area contributed by atoms with Crippen molar-refractivity contribution in [2.75, 3.05) is 13.7 Å². The molecule has 0 atom stereocenters. The summed E-state index contributed by atoms with van der Waals surface area (Å²) in [5.74, 6) is -0.711. The zero-order valence-electron chi connectivity index (χ0n) is 18.9. The SMILES string of the molecule is CCOC(=O)c1ccc2c(c1)nc(SCc1c(F)cccc1F)n2CCc1ccc(OC)cc1. The average molecular weight is 483 g/mol. The van der Waals surface area contributed by atoms with Crippen LogP contribution in [0.25, 0.3) is 11.0 Å². The van der Waals surface area contributed by atoms with Gasteiger partial charge in [-0.3, -0.25) is 0 Å². The Morgan fingerprint density at radius 2 is 1.79 bits per heavy atom. The molecule has 4 aromatic rings. The summed E-state index contributed by atoms with van der Waals surface area (Å²) in [5.41, 5.74) is 2.98. The quantitative estimate of drug-likeness (QED) is 0.215. The molecule has 1 aromatic heterocycles. The lowest BCUT2D eigenvalue weighted by Crippen LogP contribution is -2.05. The van der Waals surface area contributed by atoms with Gasteiger partial charge in [0.1, 0.15) is 17.4 Å². The Bertz CT molecular complexity index is 1290. The Kier molecular flexibility index (Phi) is 7.47. The van der Waals surface area contributed by atoms with E-state index in [2.05, 4.69) is 4.98 Å². The van der Waals surface area contributed by atoms with Crippen LogP contribution in [0.4, 0.5) is 8.78 Å². The summed E-state index contributed by atoms with van der Waals surface area (Å²) in [6, 6.07) is 16.9. The first-order chi connectivity index (χ1) is 16.5. The van der Waals surface area contributed by atoms with E-state index in [4.69, 9.17) is 9.47 Å². The van der Waals surface area contributed by atoms with Crippen molar-refractivity contribution >= 4 is 28.8 Å². The molecule has 8 heteroatoms. The lowest BCUT2D eigenvalue weighted by molar-refractivity contribution is 0.0526. The van der Waals surface area contributed by atoms with Crippen molar-refractivity contribution < 1.29 is 23.0 Å². The number of imidazole rings is 1. The van der Waals surface area contributed by atoms with Crippen LogP contribution in [0.2, 0.25) is 0 Å². The first kappa shape index (κ1) is 23.8. The summed E-state index contributed by atoms with van der Waals surface area (Å²) in [7, 11) is 1.62. The molecule has 0 N–H and O–H groups in total. The number of halogens is 2. The lowest BCUT2D eigenvalue weighted by Gasteiger charge is -2.10. The molecule has 3 aromatic carbocycles. The molecule has 0 fully saturated rings. The first-order valence-corrected chi connectivity index (χ1v) is 11.8. The van der Waals surface area contributed by atoms with E-state index in [-0.39, 0.29) is 17.9 Å². The number of esters is 1. The molecule has 4 rings (SSSR count). The molecular formula is C26H24F2N2O3S. The minimum atomic E-state index is -0.585. The number of rotatable bonds is 9. The minimum Gasteiger partial charge on any atom is -0.497 e. The number of aromatic nitrogens is 2. The van der Waals surface area contributed by atoms with Crippen LogP contribution < -0.4 is 4.74 Å². The molecule has 0 saturated carbocycles. The maximum atomic E-state index is 14.2. The van der Waals surface area contributed by atoms with Crippen LogP contribution in [-0.2, 0) is 23.5 Å². The predicted octanol–water partition coefficient (Wildman–Crippen LogP) is 6.03. The number of nitrogens with zero attached hydrogens (tertiary/aromatic N) is 2. The predicted molar refractivity (Wildman–Crippen MR) is 128 cm³/mol. The van der Waals surface area contributed by atoms with E-state index in [9.17, 15) is 13.6 Å². The number of carbonyl (C=O) groups excluding carboxylic acids is 1. The number of thioether (sulfide) groups is 1. The molecule has 0 radical (unpaired) electrons. The van der Waals surface area contributed by atoms with Gasteiger partial charge in [0.25, 0.3) is 0 Å². The fourth-order valence-electron chi connectivity index (χ4n) is 3.62. The van der Waals surface area contributed by atoms with Crippen LogP contribution in [0.3, 0.4) is 0 Å². The smallest absolute Gasteiger partial charge is 0.338 e. The Morgan fingerprint density at radius 1 is 1.06 bits per heavy atom. The maximum absolute atomic E-state index is 14.2. The van der Waals surface area contributed by atoms with Gasteiger partial charge in [0, 0.05) is 17.9 Å². The van der Waals surface area contributed by atoms with Gasteiger partial charge in [0.2, 0.25) is 0 Å². The molecule has 0 aliphatic rings. The standard InChI is InChI=1S/C26H24F2N2O3S/c1-3-33-25(31)18-9-12-24-23(15-18)29-26(34-16-20-21(27)5-4-6-22(20)28)30(24)14-13-17-7-10-19(32-2)11-8-17/h4-12,15H,3,13-14,16H2,1-2H3.